The summed E-state index contributed by atoms with van der Waals surface area (Å²) in [7, 11) is 1.97. The number of aromatic nitrogens is 4. The van der Waals surface area contributed by atoms with Crippen molar-refractivity contribution < 1.29 is 4.74 Å². The summed E-state index contributed by atoms with van der Waals surface area (Å²) in [5.74, 6) is 1.32. The van der Waals surface area contributed by atoms with Gasteiger partial charge in [0.1, 0.15) is 0 Å². The lowest BCUT2D eigenvalue weighted by atomic mass is 10.1. The van der Waals surface area contributed by atoms with E-state index in [0.29, 0.717) is 5.92 Å². The standard InChI is InChI=1S/C17H25N5O/c1-20-7-15(6-19-20)8-21-9-16(13-23-12-14-2-3-14)10-22-17(11-21)4-5-18-22/h4-7,14,16H,2-3,8-13H2,1H3/t16-/m0/s1. The second kappa shape index (κ2) is 6.45. The van der Waals surface area contributed by atoms with Crippen molar-refractivity contribution in [3.05, 3.63) is 35.9 Å². The van der Waals surface area contributed by atoms with Crippen LogP contribution in [0.1, 0.15) is 24.1 Å². The molecule has 2 aromatic rings. The Morgan fingerprint density at radius 2 is 2.04 bits per heavy atom. The Labute approximate surface area is 137 Å². The maximum Gasteiger partial charge on any atom is 0.0534 e. The molecular weight excluding hydrogens is 290 g/mol. The Hall–Kier alpha value is -1.66. The van der Waals surface area contributed by atoms with Crippen molar-refractivity contribution in [2.75, 3.05) is 19.8 Å². The van der Waals surface area contributed by atoms with E-state index < -0.39 is 0 Å². The maximum atomic E-state index is 5.96. The van der Waals surface area contributed by atoms with E-state index in [2.05, 4.69) is 32.0 Å². The molecule has 1 atom stereocenters. The van der Waals surface area contributed by atoms with Crippen molar-refractivity contribution in [1.29, 1.82) is 0 Å². The lowest BCUT2D eigenvalue weighted by Crippen LogP contribution is -2.30. The van der Waals surface area contributed by atoms with Gasteiger partial charge < -0.3 is 4.74 Å². The van der Waals surface area contributed by atoms with Gasteiger partial charge in [-0.2, -0.15) is 10.2 Å². The molecule has 0 saturated heterocycles. The van der Waals surface area contributed by atoms with Crippen molar-refractivity contribution in [2.45, 2.75) is 32.5 Å². The molecule has 3 heterocycles. The SMILES string of the molecule is Cn1cc(CN2Cc3ccnn3C[C@@H](COCC3CC3)C2)cn1. The number of nitrogens with zero attached hydrogens (tertiary/aromatic N) is 5. The molecular formula is C17H25N5O. The van der Waals surface area contributed by atoms with Crippen molar-refractivity contribution in [2.24, 2.45) is 18.9 Å². The fraction of sp³-hybridized carbons (Fsp3) is 0.647. The molecule has 1 aliphatic carbocycles. The van der Waals surface area contributed by atoms with Crippen LogP contribution in [0.3, 0.4) is 0 Å². The minimum atomic E-state index is 0.492. The minimum Gasteiger partial charge on any atom is -0.381 e. The highest BCUT2D eigenvalue weighted by Gasteiger charge is 2.25. The van der Waals surface area contributed by atoms with Gasteiger partial charge >= 0.3 is 0 Å². The van der Waals surface area contributed by atoms with Crippen molar-refractivity contribution in [1.82, 2.24) is 24.5 Å². The van der Waals surface area contributed by atoms with E-state index >= 15 is 0 Å². The van der Waals surface area contributed by atoms with Crippen LogP contribution in [0.15, 0.2) is 24.7 Å². The summed E-state index contributed by atoms with van der Waals surface area (Å²) in [6, 6.07) is 2.13. The predicted octanol–water partition coefficient (Wildman–Crippen LogP) is 1.68. The molecule has 1 aliphatic heterocycles. The summed E-state index contributed by atoms with van der Waals surface area (Å²) >= 11 is 0. The van der Waals surface area contributed by atoms with Crippen molar-refractivity contribution in [3.8, 4) is 0 Å². The quantitative estimate of drug-likeness (QED) is 0.814. The topological polar surface area (TPSA) is 48.1 Å². The van der Waals surface area contributed by atoms with Gasteiger partial charge in [-0.1, -0.05) is 0 Å². The third-order valence-electron chi connectivity index (χ3n) is 4.71. The van der Waals surface area contributed by atoms with E-state index in [9.17, 15) is 0 Å². The number of ether oxygens (including phenoxy) is 1. The fourth-order valence-corrected chi connectivity index (χ4v) is 3.34. The molecule has 0 bridgehead atoms. The number of aryl methyl sites for hydroxylation is 1. The first-order valence-corrected chi connectivity index (χ1v) is 8.54. The zero-order valence-electron chi connectivity index (χ0n) is 13.8. The Balaban J connectivity index is 1.42. The molecule has 23 heavy (non-hydrogen) atoms. The summed E-state index contributed by atoms with van der Waals surface area (Å²) in [6.07, 6.45) is 8.66. The minimum absolute atomic E-state index is 0.492. The van der Waals surface area contributed by atoms with Gasteiger partial charge in [0, 0.05) is 63.7 Å². The maximum absolute atomic E-state index is 5.96. The Morgan fingerprint density at radius 3 is 2.83 bits per heavy atom. The van der Waals surface area contributed by atoms with E-state index in [1.807, 2.05) is 24.1 Å². The molecule has 2 aromatic heterocycles. The van der Waals surface area contributed by atoms with Gasteiger partial charge in [-0.05, 0) is 24.8 Å². The average molecular weight is 315 g/mol. The van der Waals surface area contributed by atoms with Crippen LogP contribution in [0.25, 0.3) is 0 Å². The van der Waals surface area contributed by atoms with E-state index in [0.717, 1.165) is 45.3 Å². The van der Waals surface area contributed by atoms with Crippen LogP contribution < -0.4 is 0 Å². The Morgan fingerprint density at radius 1 is 1.17 bits per heavy atom. The summed E-state index contributed by atoms with van der Waals surface area (Å²) in [4.78, 5) is 2.49. The van der Waals surface area contributed by atoms with E-state index in [4.69, 9.17) is 4.74 Å². The van der Waals surface area contributed by atoms with Crippen LogP contribution in [0.5, 0.6) is 0 Å². The molecule has 124 valence electrons. The molecule has 6 nitrogen and oxygen atoms in total. The van der Waals surface area contributed by atoms with E-state index in [1.165, 1.54) is 24.1 Å². The fourth-order valence-electron chi connectivity index (χ4n) is 3.34. The van der Waals surface area contributed by atoms with Crippen LogP contribution in [-0.4, -0.2) is 44.2 Å². The van der Waals surface area contributed by atoms with Gasteiger partial charge in [-0.15, -0.1) is 0 Å². The molecule has 1 fully saturated rings. The summed E-state index contributed by atoms with van der Waals surface area (Å²) in [5.41, 5.74) is 2.55. The first-order valence-electron chi connectivity index (χ1n) is 8.54. The van der Waals surface area contributed by atoms with E-state index in [1.54, 1.807) is 0 Å². The van der Waals surface area contributed by atoms with Gasteiger partial charge in [0.05, 0.1) is 18.5 Å². The number of hydrogen-bond acceptors (Lipinski definition) is 4. The molecule has 0 N–H and O–H groups in total. The van der Waals surface area contributed by atoms with Gasteiger partial charge in [0.25, 0.3) is 0 Å². The first-order chi connectivity index (χ1) is 11.3. The third-order valence-corrected chi connectivity index (χ3v) is 4.71. The number of rotatable bonds is 6. The van der Waals surface area contributed by atoms with Gasteiger partial charge in [-0.25, -0.2) is 0 Å². The van der Waals surface area contributed by atoms with Crippen LogP contribution in [0.2, 0.25) is 0 Å². The Bertz CT molecular complexity index is 645. The van der Waals surface area contributed by atoms with E-state index in [-0.39, 0.29) is 0 Å². The molecule has 2 aliphatic rings. The van der Waals surface area contributed by atoms with Crippen molar-refractivity contribution in [3.63, 3.8) is 0 Å². The molecule has 0 radical (unpaired) electrons. The highest BCUT2D eigenvalue weighted by atomic mass is 16.5. The van der Waals surface area contributed by atoms with Gasteiger partial charge in [-0.3, -0.25) is 14.3 Å². The third kappa shape index (κ3) is 3.82. The lowest BCUT2D eigenvalue weighted by Gasteiger charge is -2.23. The molecule has 4 rings (SSSR count). The average Bonchev–Trinajstić information content (AvgIpc) is 3.16. The zero-order valence-corrected chi connectivity index (χ0v) is 13.8. The summed E-state index contributed by atoms with van der Waals surface area (Å²) < 4.78 is 9.98. The highest BCUT2D eigenvalue weighted by Crippen LogP contribution is 2.29. The largest absolute Gasteiger partial charge is 0.381 e. The second-order valence-electron chi connectivity index (χ2n) is 7.04. The summed E-state index contributed by atoms with van der Waals surface area (Å²) in [6.45, 7) is 5.63. The van der Waals surface area contributed by atoms with Crippen LogP contribution in [0.4, 0.5) is 0 Å². The monoisotopic (exact) mass is 315 g/mol. The van der Waals surface area contributed by atoms with Crippen LogP contribution >= 0.6 is 0 Å². The normalized spacial score (nSPS) is 22.0. The van der Waals surface area contributed by atoms with Gasteiger partial charge in [0.15, 0.2) is 0 Å². The molecule has 6 heteroatoms. The molecule has 0 amide bonds. The highest BCUT2D eigenvalue weighted by molar-refractivity contribution is 5.06. The molecule has 0 spiro atoms. The Kier molecular flexibility index (Phi) is 4.18. The second-order valence-corrected chi connectivity index (χ2v) is 7.04. The van der Waals surface area contributed by atoms with Crippen LogP contribution in [0, 0.1) is 11.8 Å². The zero-order chi connectivity index (χ0) is 15.6. The first kappa shape index (κ1) is 14.9. The van der Waals surface area contributed by atoms with Gasteiger partial charge in [0.2, 0.25) is 0 Å². The lowest BCUT2D eigenvalue weighted by molar-refractivity contribution is 0.0696. The predicted molar refractivity (Wildman–Crippen MR) is 86.6 cm³/mol. The number of hydrogen-bond donors (Lipinski definition) is 0. The molecule has 0 unspecified atom stereocenters. The molecule has 0 aromatic carbocycles. The number of fused-ring (bicyclic) bond motifs is 1. The van der Waals surface area contributed by atoms with Crippen LogP contribution in [-0.2, 0) is 31.4 Å². The van der Waals surface area contributed by atoms with Crippen molar-refractivity contribution >= 4 is 0 Å². The molecule has 1 saturated carbocycles. The smallest absolute Gasteiger partial charge is 0.0534 e. The summed E-state index contributed by atoms with van der Waals surface area (Å²) in [5, 5.41) is 8.77.